The van der Waals surface area contributed by atoms with E-state index < -0.39 is 29.4 Å². The first kappa shape index (κ1) is 23.4. The number of nitrogens with zero attached hydrogens (tertiary/aromatic N) is 1. The van der Waals surface area contributed by atoms with Gasteiger partial charge >= 0.3 is 5.97 Å². The first-order valence-corrected chi connectivity index (χ1v) is 11.2. The Morgan fingerprint density at radius 2 is 2.07 bits per heavy atom. The van der Waals surface area contributed by atoms with Crippen LogP contribution >= 0.6 is 23.1 Å². The molecule has 1 saturated heterocycles. The highest BCUT2D eigenvalue weighted by atomic mass is 32.2. The van der Waals surface area contributed by atoms with Crippen molar-refractivity contribution in [1.82, 2.24) is 10.2 Å². The van der Waals surface area contributed by atoms with Crippen LogP contribution in [0, 0.1) is 0 Å². The van der Waals surface area contributed by atoms with Crippen molar-refractivity contribution in [2.24, 2.45) is 0 Å². The van der Waals surface area contributed by atoms with Gasteiger partial charge < -0.3 is 20.3 Å². The van der Waals surface area contributed by atoms with E-state index in [0.717, 1.165) is 23.0 Å². The number of carboxylic acid groups (broad SMARTS) is 1. The SMILES string of the molecule is CC(O)C1=C(C(=O)O)N2C(=O)C(NC(=O)Cc3cccs3)[C@H]2SC1.CCOCC. The molecule has 0 saturated carbocycles. The van der Waals surface area contributed by atoms with Gasteiger partial charge in [0, 0.05) is 23.8 Å². The van der Waals surface area contributed by atoms with Crippen molar-refractivity contribution in [3.63, 3.8) is 0 Å². The number of carbonyl (C=O) groups is 3. The van der Waals surface area contributed by atoms with Crippen molar-refractivity contribution in [2.45, 2.75) is 44.7 Å². The molecule has 1 fully saturated rings. The van der Waals surface area contributed by atoms with Gasteiger partial charge in [-0.1, -0.05) is 6.07 Å². The fourth-order valence-corrected chi connectivity index (χ4v) is 5.13. The maximum absolute atomic E-state index is 12.3. The molecule has 10 heteroatoms. The fourth-order valence-electron chi connectivity index (χ4n) is 2.96. The summed E-state index contributed by atoms with van der Waals surface area (Å²) >= 11 is 2.81. The second-order valence-corrected chi connectivity index (χ2v) is 8.48. The Hall–Kier alpha value is -1.88. The first-order chi connectivity index (χ1) is 13.8. The Morgan fingerprint density at radius 3 is 2.55 bits per heavy atom. The lowest BCUT2D eigenvalue weighted by atomic mass is 10.0. The van der Waals surface area contributed by atoms with Gasteiger partial charge in [0.15, 0.2) is 0 Å². The third-order valence-corrected chi connectivity index (χ3v) is 6.52. The molecule has 3 rings (SSSR count). The minimum atomic E-state index is -1.24. The van der Waals surface area contributed by atoms with Gasteiger partial charge in [0.25, 0.3) is 5.91 Å². The number of carboxylic acids is 1. The largest absolute Gasteiger partial charge is 0.477 e. The van der Waals surface area contributed by atoms with Crippen LogP contribution in [0.1, 0.15) is 25.6 Å². The molecule has 0 radical (unpaired) electrons. The number of thiophene rings is 1. The summed E-state index contributed by atoms with van der Waals surface area (Å²) in [7, 11) is 0. The van der Waals surface area contributed by atoms with Crippen LogP contribution in [-0.4, -0.2) is 69.4 Å². The molecule has 0 spiro atoms. The number of aliphatic carboxylic acids is 1. The summed E-state index contributed by atoms with van der Waals surface area (Å²) in [5.74, 6) is -1.65. The number of amides is 2. The molecular formula is C19H26N2O6S2. The van der Waals surface area contributed by atoms with E-state index in [2.05, 4.69) is 5.32 Å². The third kappa shape index (κ3) is 5.59. The Balaban J connectivity index is 0.000000537. The summed E-state index contributed by atoms with van der Waals surface area (Å²) in [6.07, 6.45) is -0.746. The van der Waals surface area contributed by atoms with Crippen LogP contribution < -0.4 is 5.32 Å². The molecular weight excluding hydrogens is 416 g/mol. The van der Waals surface area contributed by atoms with Gasteiger partial charge in [-0.05, 0) is 37.8 Å². The highest BCUT2D eigenvalue weighted by Gasteiger charge is 2.54. The van der Waals surface area contributed by atoms with Gasteiger partial charge in [-0.25, -0.2) is 4.79 Å². The predicted molar refractivity (Wildman–Crippen MR) is 112 cm³/mol. The minimum absolute atomic E-state index is 0.164. The monoisotopic (exact) mass is 442 g/mol. The van der Waals surface area contributed by atoms with E-state index >= 15 is 0 Å². The van der Waals surface area contributed by atoms with Crippen molar-refractivity contribution >= 4 is 40.9 Å². The van der Waals surface area contributed by atoms with Crippen LogP contribution in [0.3, 0.4) is 0 Å². The minimum Gasteiger partial charge on any atom is -0.477 e. The zero-order chi connectivity index (χ0) is 21.6. The van der Waals surface area contributed by atoms with Crippen LogP contribution in [0.15, 0.2) is 28.8 Å². The Kier molecular flexibility index (Phi) is 8.69. The molecule has 3 atom stereocenters. The van der Waals surface area contributed by atoms with Crippen LogP contribution in [0.4, 0.5) is 0 Å². The molecule has 160 valence electrons. The fraction of sp³-hybridized carbons (Fsp3) is 0.526. The number of thioether (sulfide) groups is 1. The number of carbonyl (C=O) groups excluding carboxylic acids is 2. The number of hydrogen-bond acceptors (Lipinski definition) is 7. The van der Waals surface area contributed by atoms with Gasteiger partial charge in [0.1, 0.15) is 17.1 Å². The predicted octanol–water partition coefficient (Wildman–Crippen LogP) is 1.45. The molecule has 1 aromatic heterocycles. The molecule has 0 aromatic carbocycles. The lowest BCUT2D eigenvalue weighted by molar-refractivity contribution is -0.150. The maximum Gasteiger partial charge on any atom is 0.352 e. The van der Waals surface area contributed by atoms with Gasteiger partial charge in [0.05, 0.1) is 12.5 Å². The van der Waals surface area contributed by atoms with Gasteiger partial charge in [-0.15, -0.1) is 23.1 Å². The van der Waals surface area contributed by atoms with Gasteiger partial charge in [0.2, 0.25) is 5.91 Å². The number of aliphatic hydroxyl groups excluding tert-OH is 1. The number of aliphatic hydroxyl groups is 1. The van der Waals surface area contributed by atoms with E-state index in [9.17, 15) is 24.6 Å². The van der Waals surface area contributed by atoms with Crippen molar-refractivity contribution < 1.29 is 29.3 Å². The normalized spacial score (nSPS) is 21.5. The molecule has 0 aliphatic carbocycles. The second kappa shape index (κ2) is 10.8. The van der Waals surface area contributed by atoms with E-state index in [1.807, 2.05) is 31.4 Å². The molecule has 0 bridgehead atoms. The molecule has 3 heterocycles. The topological polar surface area (TPSA) is 116 Å². The average molecular weight is 443 g/mol. The highest BCUT2D eigenvalue weighted by molar-refractivity contribution is 8.00. The Morgan fingerprint density at radius 1 is 1.38 bits per heavy atom. The summed E-state index contributed by atoms with van der Waals surface area (Å²) in [6, 6.07) is 2.96. The van der Waals surface area contributed by atoms with Gasteiger partial charge in [-0.2, -0.15) is 0 Å². The highest BCUT2D eigenvalue weighted by Crippen LogP contribution is 2.41. The lowest BCUT2D eigenvalue weighted by Crippen LogP contribution is -2.70. The number of hydrogen-bond donors (Lipinski definition) is 3. The standard InChI is InChI=1S/C15H16N2O5S2.C4H10O/c1-7(18)9-6-24-14-11(13(20)17(14)12(9)15(21)22)16-10(19)5-8-3-2-4-23-8;1-3-5-4-2/h2-4,7,11,14,18H,5-6H2,1H3,(H,16,19)(H,21,22);3-4H2,1-2H3/t7?,11?,14-;/m1./s1. The first-order valence-electron chi connectivity index (χ1n) is 9.30. The average Bonchev–Trinajstić information content (AvgIpc) is 3.18. The molecule has 8 nitrogen and oxygen atoms in total. The molecule has 3 N–H and O–H groups in total. The van der Waals surface area contributed by atoms with E-state index in [-0.39, 0.29) is 18.0 Å². The summed E-state index contributed by atoms with van der Waals surface area (Å²) in [6.45, 7) is 7.14. The number of nitrogens with one attached hydrogen (secondary N) is 1. The number of fused-ring (bicyclic) bond motifs is 1. The van der Waals surface area contributed by atoms with Crippen LogP contribution in [-0.2, 0) is 25.5 Å². The lowest BCUT2D eigenvalue weighted by Gasteiger charge is -2.49. The zero-order valence-corrected chi connectivity index (χ0v) is 18.2. The quantitative estimate of drug-likeness (QED) is 0.547. The molecule has 2 unspecified atom stereocenters. The maximum atomic E-state index is 12.3. The van der Waals surface area contributed by atoms with Crippen molar-refractivity contribution in [3.8, 4) is 0 Å². The Labute approximate surface area is 177 Å². The third-order valence-electron chi connectivity index (χ3n) is 4.34. The van der Waals surface area contributed by atoms with E-state index in [1.54, 1.807) is 0 Å². The number of β-lactam (4-membered cyclic amide) rings is 1. The van der Waals surface area contributed by atoms with Crippen molar-refractivity contribution in [3.05, 3.63) is 33.7 Å². The zero-order valence-electron chi connectivity index (χ0n) is 16.6. The summed E-state index contributed by atoms with van der Waals surface area (Å²) in [5.41, 5.74) is 0.156. The Bertz CT molecular complexity index is 761. The molecule has 1 aromatic rings. The molecule has 29 heavy (non-hydrogen) atoms. The molecule has 2 amide bonds. The van der Waals surface area contributed by atoms with Crippen molar-refractivity contribution in [2.75, 3.05) is 19.0 Å². The van der Waals surface area contributed by atoms with Crippen LogP contribution in [0.5, 0.6) is 0 Å². The number of rotatable bonds is 7. The summed E-state index contributed by atoms with van der Waals surface area (Å²) in [4.78, 5) is 38.0. The van der Waals surface area contributed by atoms with E-state index in [1.165, 1.54) is 30.0 Å². The van der Waals surface area contributed by atoms with Crippen LogP contribution in [0.25, 0.3) is 0 Å². The second-order valence-electron chi connectivity index (χ2n) is 6.35. The van der Waals surface area contributed by atoms with Gasteiger partial charge in [-0.3, -0.25) is 14.5 Å². The molecule has 2 aliphatic rings. The molecule has 2 aliphatic heterocycles. The smallest absolute Gasteiger partial charge is 0.352 e. The van der Waals surface area contributed by atoms with E-state index in [4.69, 9.17) is 4.74 Å². The summed E-state index contributed by atoms with van der Waals surface area (Å²) < 4.78 is 4.83. The number of ether oxygens (including phenoxy) is 1. The van der Waals surface area contributed by atoms with E-state index in [0.29, 0.717) is 11.3 Å². The van der Waals surface area contributed by atoms with Crippen LogP contribution in [0.2, 0.25) is 0 Å². The summed E-state index contributed by atoms with van der Waals surface area (Å²) in [5, 5.41) is 23.2. The van der Waals surface area contributed by atoms with Crippen molar-refractivity contribution in [1.29, 1.82) is 0 Å².